The van der Waals surface area contributed by atoms with Gasteiger partial charge >= 0.3 is 5.97 Å². The number of fused-ring (bicyclic) bond motifs is 1. The molecule has 210 valence electrons. The summed E-state index contributed by atoms with van der Waals surface area (Å²) in [5, 5.41) is 13.3. The van der Waals surface area contributed by atoms with Crippen molar-refractivity contribution < 1.29 is 9.90 Å². The third-order valence-electron chi connectivity index (χ3n) is 7.83. The van der Waals surface area contributed by atoms with Crippen molar-refractivity contribution in [1.29, 1.82) is 0 Å². The highest BCUT2D eigenvalue weighted by Gasteiger charge is 2.17. The van der Waals surface area contributed by atoms with Gasteiger partial charge < -0.3 is 20.3 Å². The first-order valence-corrected chi connectivity index (χ1v) is 14.5. The molecule has 4 aromatic rings. The molecule has 40 heavy (non-hydrogen) atoms. The molecular weight excluding hydrogens is 500 g/mol. The van der Waals surface area contributed by atoms with E-state index in [0.717, 1.165) is 93.1 Å². The Kier molecular flexibility index (Phi) is 9.42. The summed E-state index contributed by atoms with van der Waals surface area (Å²) in [5.41, 5.74) is 5.54. The van der Waals surface area contributed by atoms with Crippen LogP contribution in [0.5, 0.6) is 0 Å². The summed E-state index contributed by atoms with van der Waals surface area (Å²) >= 11 is 0. The molecule has 3 N–H and O–H groups in total. The second-order valence-corrected chi connectivity index (χ2v) is 10.8. The molecule has 0 spiro atoms. The minimum Gasteiger partial charge on any atom is -0.481 e. The monoisotopic (exact) mass is 540 g/mol. The normalized spacial score (nSPS) is 15.3. The molecule has 0 radical (unpaired) electrons. The number of unbranched alkanes of at least 4 members (excludes halogenated alkanes) is 3. The number of nitrogens with zero attached hydrogens (tertiary/aromatic N) is 4. The highest BCUT2D eigenvalue weighted by molar-refractivity contribution is 5.91. The van der Waals surface area contributed by atoms with Crippen molar-refractivity contribution >= 4 is 22.8 Å². The smallest absolute Gasteiger partial charge is 0.303 e. The highest BCUT2D eigenvalue weighted by Crippen LogP contribution is 2.29. The Morgan fingerprint density at radius 2 is 1.68 bits per heavy atom. The highest BCUT2D eigenvalue weighted by atomic mass is 16.4. The number of aromatic amines is 1. The van der Waals surface area contributed by atoms with Crippen LogP contribution in [0.2, 0.25) is 0 Å². The molecule has 1 aliphatic heterocycles. The fraction of sp³-hybridized carbons (Fsp3) is 0.406. The molecule has 8 heteroatoms. The van der Waals surface area contributed by atoms with Gasteiger partial charge in [-0.3, -0.25) is 9.69 Å². The number of benzene rings is 2. The number of H-pyrrole nitrogens is 1. The van der Waals surface area contributed by atoms with Crippen LogP contribution in [0.4, 0.5) is 5.82 Å². The Balaban J connectivity index is 1.12. The second kappa shape index (κ2) is 13.5. The van der Waals surface area contributed by atoms with Crippen LogP contribution in [-0.4, -0.2) is 68.6 Å². The van der Waals surface area contributed by atoms with Crippen LogP contribution in [0, 0.1) is 0 Å². The number of nitrogens with one attached hydrogen (secondary N) is 2. The number of aliphatic carboxylic acids is 1. The zero-order valence-electron chi connectivity index (χ0n) is 23.4. The van der Waals surface area contributed by atoms with Crippen LogP contribution in [0.1, 0.15) is 56.2 Å². The van der Waals surface area contributed by atoms with E-state index in [9.17, 15) is 4.79 Å². The van der Waals surface area contributed by atoms with Crippen molar-refractivity contribution in [2.24, 2.45) is 0 Å². The van der Waals surface area contributed by atoms with E-state index in [-0.39, 0.29) is 6.04 Å². The fourth-order valence-corrected chi connectivity index (χ4v) is 5.42. The van der Waals surface area contributed by atoms with Crippen LogP contribution in [0.25, 0.3) is 22.3 Å². The van der Waals surface area contributed by atoms with Crippen LogP contribution < -0.4 is 5.32 Å². The fourth-order valence-electron chi connectivity index (χ4n) is 5.42. The van der Waals surface area contributed by atoms with E-state index in [2.05, 4.69) is 91.6 Å². The Hall–Kier alpha value is -3.75. The minimum absolute atomic E-state index is 0.134. The molecule has 1 atom stereocenters. The van der Waals surface area contributed by atoms with Gasteiger partial charge in [-0.15, -0.1) is 0 Å². The van der Waals surface area contributed by atoms with Crippen LogP contribution in [0.15, 0.2) is 67.0 Å². The summed E-state index contributed by atoms with van der Waals surface area (Å²) in [6.45, 7) is 8.59. The molecule has 0 amide bonds. The van der Waals surface area contributed by atoms with Crippen LogP contribution in [-0.2, 0) is 11.3 Å². The lowest BCUT2D eigenvalue weighted by Gasteiger charge is -2.34. The third-order valence-corrected chi connectivity index (χ3v) is 7.83. The lowest BCUT2D eigenvalue weighted by atomic mass is 10.1. The average Bonchev–Trinajstić information content (AvgIpc) is 3.42. The SMILES string of the molecule is CC(Nc1ncnc2[nH]c(-c3ccc(CN4CCN(CCCCCCC(=O)O)CC4)cc3)cc12)c1ccccc1. The summed E-state index contributed by atoms with van der Waals surface area (Å²) in [6, 6.07) is 21.5. The maximum Gasteiger partial charge on any atom is 0.303 e. The van der Waals surface area contributed by atoms with E-state index in [4.69, 9.17) is 5.11 Å². The van der Waals surface area contributed by atoms with Gasteiger partial charge in [-0.1, -0.05) is 67.4 Å². The van der Waals surface area contributed by atoms with Gasteiger partial charge in [0.1, 0.15) is 17.8 Å². The summed E-state index contributed by atoms with van der Waals surface area (Å²) in [5.74, 6) is 0.146. The van der Waals surface area contributed by atoms with Gasteiger partial charge in [0.15, 0.2) is 0 Å². The van der Waals surface area contributed by atoms with Crippen molar-refractivity contribution in [1.82, 2.24) is 24.8 Å². The minimum atomic E-state index is -0.686. The van der Waals surface area contributed by atoms with Crippen molar-refractivity contribution in [3.63, 3.8) is 0 Å². The summed E-state index contributed by atoms with van der Waals surface area (Å²) in [4.78, 5) is 28.2. The maximum atomic E-state index is 10.6. The first kappa shape index (κ1) is 27.8. The summed E-state index contributed by atoms with van der Waals surface area (Å²) in [6.07, 6.45) is 5.98. The molecule has 2 aromatic carbocycles. The van der Waals surface area contributed by atoms with Crippen molar-refractivity contribution in [2.75, 3.05) is 38.0 Å². The predicted octanol–water partition coefficient (Wildman–Crippen LogP) is 5.95. The van der Waals surface area contributed by atoms with Crippen LogP contribution >= 0.6 is 0 Å². The lowest BCUT2D eigenvalue weighted by Crippen LogP contribution is -2.46. The van der Waals surface area contributed by atoms with Gasteiger partial charge in [-0.05, 0) is 49.1 Å². The zero-order valence-corrected chi connectivity index (χ0v) is 23.4. The van der Waals surface area contributed by atoms with E-state index < -0.39 is 5.97 Å². The lowest BCUT2D eigenvalue weighted by molar-refractivity contribution is -0.137. The number of aromatic nitrogens is 3. The van der Waals surface area contributed by atoms with Crippen molar-refractivity contribution in [3.05, 3.63) is 78.1 Å². The number of carbonyl (C=O) groups is 1. The van der Waals surface area contributed by atoms with Gasteiger partial charge in [0.2, 0.25) is 0 Å². The molecule has 1 aliphatic rings. The number of anilines is 1. The first-order valence-electron chi connectivity index (χ1n) is 14.5. The Bertz CT molecular complexity index is 1360. The van der Waals surface area contributed by atoms with E-state index in [0.29, 0.717) is 6.42 Å². The zero-order chi connectivity index (χ0) is 27.7. The van der Waals surface area contributed by atoms with E-state index >= 15 is 0 Å². The van der Waals surface area contributed by atoms with Crippen LogP contribution in [0.3, 0.4) is 0 Å². The Morgan fingerprint density at radius 1 is 0.950 bits per heavy atom. The van der Waals surface area contributed by atoms with Crippen molar-refractivity contribution in [2.45, 2.75) is 51.6 Å². The maximum absolute atomic E-state index is 10.6. The second-order valence-electron chi connectivity index (χ2n) is 10.8. The molecule has 0 aliphatic carbocycles. The van der Waals surface area contributed by atoms with Gasteiger partial charge in [-0.25, -0.2) is 9.97 Å². The predicted molar refractivity (Wildman–Crippen MR) is 160 cm³/mol. The number of hydrogen-bond donors (Lipinski definition) is 3. The number of rotatable bonds is 13. The molecule has 3 heterocycles. The molecule has 2 aromatic heterocycles. The number of piperazine rings is 1. The largest absolute Gasteiger partial charge is 0.481 e. The van der Waals surface area contributed by atoms with Gasteiger partial charge in [-0.2, -0.15) is 0 Å². The molecule has 0 saturated carbocycles. The van der Waals surface area contributed by atoms with E-state index in [1.165, 1.54) is 11.1 Å². The third kappa shape index (κ3) is 7.46. The standard InChI is InChI=1S/C32H40N6O2/c1-24(26-9-5-4-6-10-26)35-31-28-21-29(36-32(28)34-23-33-31)27-14-12-25(13-15-27)22-38-19-17-37(18-20-38)16-8-3-2-7-11-30(39)40/h4-6,9-10,12-15,21,23-24H,2-3,7-8,11,16-20,22H2,1H3,(H,39,40)(H2,33,34,35,36). The average molecular weight is 541 g/mol. The number of hydrogen-bond acceptors (Lipinski definition) is 6. The molecule has 0 bridgehead atoms. The number of carboxylic acids is 1. The quantitative estimate of drug-likeness (QED) is 0.180. The van der Waals surface area contributed by atoms with E-state index in [1.54, 1.807) is 6.33 Å². The Morgan fingerprint density at radius 3 is 2.42 bits per heavy atom. The van der Waals surface area contributed by atoms with Gasteiger partial charge in [0, 0.05) is 50.9 Å². The van der Waals surface area contributed by atoms with Crippen molar-refractivity contribution in [3.8, 4) is 11.3 Å². The summed E-state index contributed by atoms with van der Waals surface area (Å²) in [7, 11) is 0. The topological polar surface area (TPSA) is 97.4 Å². The van der Waals surface area contributed by atoms with Gasteiger partial charge in [0.05, 0.1) is 5.39 Å². The molecule has 8 nitrogen and oxygen atoms in total. The van der Waals surface area contributed by atoms with E-state index in [1.807, 2.05) is 6.07 Å². The Labute approximate surface area is 236 Å². The molecule has 5 rings (SSSR count). The molecule has 1 saturated heterocycles. The number of carboxylic acid groups (broad SMARTS) is 1. The molecule has 1 fully saturated rings. The molecule has 1 unspecified atom stereocenters. The van der Waals surface area contributed by atoms with Gasteiger partial charge in [0.25, 0.3) is 0 Å². The first-order chi connectivity index (χ1) is 19.5. The molecular formula is C32H40N6O2. The summed E-state index contributed by atoms with van der Waals surface area (Å²) < 4.78 is 0.